The molecule has 0 bridgehead atoms. The Kier molecular flexibility index (Phi) is 4.45. The highest BCUT2D eigenvalue weighted by atomic mass is 19.1. The summed E-state index contributed by atoms with van der Waals surface area (Å²) in [4.78, 5) is 25.1. The maximum atomic E-state index is 13.4. The van der Waals surface area contributed by atoms with Gasteiger partial charge in [0.1, 0.15) is 0 Å². The summed E-state index contributed by atoms with van der Waals surface area (Å²) < 4.78 is 18.3. The third-order valence-corrected chi connectivity index (χ3v) is 3.88. The quantitative estimate of drug-likeness (QED) is 0.928. The molecule has 1 amide bonds. The molecule has 1 saturated heterocycles. The molecule has 21 heavy (non-hydrogen) atoms. The van der Waals surface area contributed by atoms with Crippen molar-refractivity contribution in [3.05, 3.63) is 29.6 Å². The number of carbonyl (C=O) groups excluding carboxylic acids is 1. The number of nitrogens with zero attached hydrogens (tertiary/aromatic N) is 1. The molecule has 0 aliphatic carbocycles. The number of hydrogen-bond acceptors (Lipinski definition) is 3. The number of amides is 1. The summed E-state index contributed by atoms with van der Waals surface area (Å²) >= 11 is 0. The van der Waals surface area contributed by atoms with Gasteiger partial charge in [0, 0.05) is 18.2 Å². The molecule has 1 heterocycles. The van der Waals surface area contributed by atoms with Crippen molar-refractivity contribution in [1.82, 2.24) is 4.90 Å². The van der Waals surface area contributed by atoms with Crippen LogP contribution in [0.2, 0.25) is 0 Å². The third-order valence-electron chi connectivity index (χ3n) is 3.88. The Morgan fingerprint density at radius 3 is 2.71 bits per heavy atom. The predicted molar refractivity (Wildman–Crippen MR) is 73.8 cm³/mol. The molecule has 0 aromatic heterocycles. The Hall–Kier alpha value is -2.11. The van der Waals surface area contributed by atoms with Gasteiger partial charge in [0.25, 0.3) is 5.91 Å². The minimum absolute atomic E-state index is 0.0222. The molecule has 114 valence electrons. The third kappa shape index (κ3) is 3.15. The average molecular weight is 295 g/mol. The maximum Gasteiger partial charge on any atom is 0.306 e. The number of halogens is 1. The van der Waals surface area contributed by atoms with E-state index in [4.69, 9.17) is 9.84 Å². The molecule has 1 aliphatic rings. The Balaban J connectivity index is 2.15. The molecule has 1 aromatic rings. The van der Waals surface area contributed by atoms with Crippen LogP contribution in [0, 0.1) is 11.7 Å². The van der Waals surface area contributed by atoms with Crippen LogP contribution in [0.1, 0.15) is 30.1 Å². The summed E-state index contributed by atoms with van der Waals surface area (Å²) in [5, 5.41) is 9.04. The van der Waals surface area contributed by atoms with Gasteiger partial charge in [-0.15, -0.1) is 0 Å². The number of ether oxygens (including phenoxy) is 1. The molecule has 6 heteroatoms. The van der Waals surface area contributed by atoms with Crippen molar-refractivity contribution in [3.63, 3.8) is 0 Å². The first kappa shape index (κ1) is 15.3. The largest absolute Gasteiger partial charge is 0.494 e. The second-order valence-electron chi connectivity index (χ2n) is 5.26. The highest BCUT2D eigenvalue weighted by Crippen LogP contribution is 2.26. The van der Waals surface area contributed by atoms with Gasteiger partial charge < -0.3 is 14.7 Å². The summed E-state index contributed by atoms with van der Waals surface area (Å²) in [5.74, 6) is -1.96. The lowest BCUT2D eigenvalue weighted by Crippen LogP contribution is -2.46. The molecule has 2 atom stereocenters. The second-order valence-corrected chi connectivity index (χ2v) is 5.26. The summed E-state index contributed by atoms with van der Waals surface area (Å²) in [7, 11) is 1.34. The van der Waals surface area contributed by atoms with Gasteiger partial charge in [-0.2, -0.15) is 0 Å². The molecule has 0 saturated carbocycles. The Bertz CT molecular complexity index is 561. The predicted octanol–water partition coefficient (Wildman–Crippen LogP) is 2.16. The van der Waals surface area contributed by atoms with Crippen LogP contribution in [0.3, 0.4) is 0 Å². The number of rotatable bonds is 3. The van der Waals surface area contributed by atoms with Crippen molar-refractivity contribution >= 4 is 11.9 Å². The van der Waals surface area contributed by atoms with Gasteiger partial charge in [-0.25, -0.2) is 4.39 Å². The van der Waals surface area contributed by atoms with Crippen LogP contribution in [0.15, 0.2) is 18.2 Å². The van der Waals surface area contributed by atoms with Crippen molar-refractivity contribution in [2.45, 2.75) is 25.8 Å². The van der Waals surface area contributed by atoms with Crippen molar-refractivity contribution in [1.29, 1.82) is 0 Å². The van der Waals surface area contributed by atoms with Crippen molar-refractivity contribution < 1.29 is 23.8 Å². The van der Waals surface area contributed by atoms with E-state index in [1.165, 1.54) is 25.3 Å². The Labute approximate surface area is 122 Å². The van der Waals surface area contributed by atoms with E-state index >= 15 is 0 Å². The molecule has 1 aliphatic heterocycles. The average Bonchev–Trinajstić information content (AvgIpc) is 2.46. The maximum absolute atomic E-state index is 13.4. The monoisotopic (exact) mass is 295 g/mol. The van der Waals surface area contributed by atoms with Crippen LogP contribution in [0.25, 0.3) is 0 Å². The summed E-state index contributed by atoms with van der Waals surface area (Å²) in [6.45, 7) is 2.21. The zero-order valence-electron chi connectivity index (χ0n) is 12.0. The molecule has 5 nitrogen and oxygen atoms in total. The van der Waals surface area contributed by atoms with Crippen molar-refractivity contribution in [3.8, 4) is 5.75 Å². The number of hydrogen-bond donors (Lipinski definition) is 1. The van der Waals surface area contributed by atoms with Gasteiger partial charge in [-0.3, -0.25) is 9.59 Å². The van der Waals surface area contributed by atoms with Gasteiger partial charge in [0.05, 0.1) is 13.0 Å². The smallest absolute Gasteiger partial charge is 0.306 e. The molecule has 1 aromatic carbocycles. The lowest BCUT2D eigenvalue weighted by Gasteiger charge is -2.36. The van der Waals surface area contributed by atoms with Gasteiger partial charge in [-0.1, -0.05) is 0 Å². The summed E-state index contributed by atoms with van der Waals surface area (Å²) in [6.07, 6.45) is 0.864. The van der Waals surface area contributed by atoms with E-state index in [0.29, 0.717) is 24.9 Å². The summed E-state index contributed by atoms with van der Waals surface area (Å²) in [5.41, 5.74) is 0.342. The van der Waals surface area contributed by atoms with Crippen LogP contribution in [0.5, 0.6) is 5.75 Å². The number of carboxylic acid groups (broad SMARTS) is 1. The van der Waals surface area contributed by atoms with Crippen molar-refractivity contribution in [2.24, 2.45) is 5.92 Å². The zero-order chi connectivity index (χ0) is 15.6. The first-order chi connectivity index (χ1) is 9.93. The first-order valence-electron chi connectivity index (χ1n) is 6.81. The SMILES string of the molecule is COc1cc(C(=O)N2CCC(C(=O)O)CC2C)ccc1F. The van der Waals surface area contributed by atoms with Crippen molar-refractivity contribution in [2.75, 3.05) is 13.7 Å². The van der Waals surface area contributed by atoms with Crippen LogP contribution in [-0.2, 0) is 4.79 Å². The Morgan fingerprint density at radius 1 is 1.43 bits per heavy atom. The summed E-state index contributed by atoms with van der Waals surface area (Å²) in [6, 6.07) is 3.81. The Morgan fingerprint density at radius 2 is 2.14 bits per heavy atom. The highest BCUT2D eigenvalue weighted by molar-refractivity contribution is 5.95. The standard InChI is InChI=1S/C15H18FNO4/c1-9-7-11(15(19)20)5-6-17(9)14(18)10-3-4-12(16)13(8-10)21-2/h3-4,8-9,11H,5-7H2,1-2H3,(H,19,20). The molecular weight excluding hydrogens is 277 g/mol. The van der Waals surface area contributed by atoms with Crippen LogP contribution >= 0.6 is 0 Å². The van der Waals surface area contributed by atoms with E-state index in [9.17, 15) is 14.0 Å². The van der Waals surface area contributed by atoms with E-state index in [1.807, 2.05) is 6.92 Å². The van der Waals surface area contributed by atoms with Gasteiger partial charge in [0.2, 0.25) is 0 Å². The topological polar surface area (TPSA) is 66.8 Å². The number of methoxy groups -OCH3 is 1. The normalized spacial score (nSPS) is 22.0. The lowest BCUT2D eigenvalue weighted by atomic mass is 9.91. The van der Waals surface area contributed by atoms with Gasteiger partial charge in [-0.05, 0) is 38.0 Å². The molecule has 1 N–H and O–H groups in total. The first-order valence-corrected chi connectivity index (χ1v) is 6.81. The second kappa shape index (κ2) is 6.11. The fraction of sp³-hybridized carbons (Fsp3) is 0.467. The zero-order valence-corrected chi connectivity index (χ0v) is 12.0. The van der Waals surface area contributed by atoms with Gasteiger partial charge >= 0.3 is 5.97 Å². The number of carboxylic acids is 1. The number of carbonyl (C=O) groups is 2. The molecular formula is C15H18FNO4. The minimum Gasteiger partial charge on any atom is -0.494 e. The lowest BCUT2D eigenvalue weighted by molar-refractivity contribution is -0.143. The fourth-order valence-electron chi connectivity index (χ4n) is 2.66. The van der Waals surface area contributed by atoms with E-state index in [0.717, 1.165) is 0 Å². The van der Waals surface area contributed by atoms with Crippen LogP contribution in [0.4, 0.5) is 4.39 Å². The van der Waals surface area contributed by atoms with Crippen LogP contribution in [-0.4, -0.2) is 41.6 Å². The number of likely N-dealkylation sites (tertiary alicyclic amines) is 1. The molecule has 0 radical (unpaired) electrons. The molecule has 0 spiro atoms. The fourth-order valence-corrected chi connectivity index (χ4v) is 2.66. The van der Waals surface area contributed by atoms with E-state index in [-0.39, 0.29) is 17.7 Å². The van der Waals surface area contributed by atoms with Gasteiger partial charge in [0.15, 0.2) is 11.6 Å². The number of piperidine rings is 1. The van der Waals surface area contributed by atoms with E-state index in [1.54, 1.807) is 4.90 Å². The minimum atomic E-state index is -0.822. The highest BCUT2D eigenvalue weighted by Gasteiger charge is 2.32. The van der Waals surface area contributed by atoms with E-state index < -0.39 is 17.7 Å². The number of aliphatic carboxylic acids is 1. The number of benzene rings is 1. The van der Waals surface area contributed by atoms with Crippen LogP contribution < -0.4 is 4.74 Å². The molecule has 2 unspecified atom stereocenters. The van der Waals surface area contributed by atoms with E-state index in [2.05, 4.69) is 0 Å². The molecule has 2 rings (SSSR count). The molecule has 1 fully saturated rings.